The van der Waals surface area contributed by atoms with E-state index < -0.39 is 9.84 Å². The lowest BCUT2D eigenvalue weighted by Gasteiger charge is -2.36. The molecule has 1 aliphatic heterocycles. The predicted molar refractivity (Wildman–Crippen MR) is 110 cm³/mol. The van der Waals surface area contributed by atoms with Gasteiger partial charge < -0.3 is 14.5 Å². The summed E-state index contributed by atoms with van der Waals surface area (Å²) >= 11 is 5.05. The zero-order valence-electron chi connectivity index (χ0n) is 15.0. The molecule has 26 heavy (non-hydrogen) atoms. The standard InChI is InChI=1S/C17H22BrN3O3S2/c1-12(2)24-13-4-5-15(26(3,22)23)14(10-13)20-6-8-21(9-7-20)17-19-11-16(18)25-17/h4-5,10-12H,6-9H2,1-3H3. The van der Waals surface area contributed by atoms with Crippen molar-refractivity contribution in [2.75, 3.05) is 42.2 Å². The van der Waals surface area contributed by atoms with Crippen molar-refractivity contribution in [1.29, 1.82) is 0 Å². The van der Waals surface area contributed by atoms with Gasteiger partial charge in [-0.2, -0.15) is 0 Å². The molecule has 0 N–H and O–H groups in total. The van der Waals surface area contributed by atoms with Gasteiger partial charge in [-0.15, -0.1) is 0 Å². The van der Waals surface area contributed by atoms with Crippen molar-refractivity contribution >= 4 is 47.9 Å². The number of piperazine rings is 1. The lowest BCUT2D eigenvalue weighted by Crippen LogP contribution is -2.46. The normalized spacial score (nSPS) is 15.6. The van der Waals surface area contributed by atoms with E-state index in [2.05, 4.69) is 30.7 Å². The average molecular weight is 460 g/mol. The molecular formula is C17H22BrN3O3S2. The molecule has 0 aliphatic carbocycles. The Labute approximate surface area is 166 Å². The summed E-state index contributed by atoms with van der Waals surface area (Å²) in [5.74, 6) is 0.689. The summed E-state index contributed by atoms with van der Waals surface area (Å²) in [5, 5.41) is 0.983. The third-order valence-electron chi connectivity index (χ3n) is 4.06. The van der Waals surface area contributed by atoms with Crippen molar-refractivity contribution in [3.63, 3.8) is 0 Å². The number of rotatable bonds is 5. The molecule has 0 saturated carbocycles. The van der Waals surface area contributed by atoms with Crippen LogP contribution in [0.15, 0.2) is 33.1 Å². The van der Waals surface area contributed by atoms with E-state index in [0.717, 1.165) is 35.1 Å². The molecule has 1 aromatic heterocycles. The van der Waals surface area contributed by atoms with Gasteiger partial charge in [0.25, 0.3) is 0 Å². The second-order valence-electron chi connectivity index (χ2n) is 6.49. The molecule has 1 fully saturated rings. The van der Waals surface area contributed by atoms with E-state index in [9.17, 15) is 8.42 Å². The molecular weight excluding hydrogens is 438 g/mol. The zero-order valence-corrected chi connectivity index (χ0v) is 18.2. The van der Waals surface area contributed by atoms with Crippen LogP contribution in [0.2, 0.25) is 0 Å². The minimum Gasteiger partial charge on any atom is -0.491 e. The minimum absolute atomic E-state index is 0.0344. The Kier molecular flexibility index (Phi) is 5.78. The summed E-state index contributed by atoms with van der Waals surface area (Å²) in [7, 11) is -3.32. The van der Waals surface area contributed by atoms with Gasteiger partial charge in [-0.05, 0) is 41.9 Å². The van der Waals surface area contributed by atoms with Crippen LogP contribution >= 0.6 is 27.3 Å². The molecule has 2 aromatic rings. The van der Waals surface area contributed by atoms with E-state index in [1.165, 1.54) is 6.26 Å². The quantitative estimate of drug-likeness (QED) is 0.682. The Morgan fingerprint density at radius 1 is 1.19 bits per heavy atom. The maximum atomic E-state index is 12.2. The van der Waals surface area contributed by atoms with Crippen molar-refractivity contribution in [3.05, 3.63) is 28.2 Å². The molecule has 1 saturated heterocycles. The summed E-state index contributed by atoms with van der Waals surface area (Å²) in [6.07, 6.45) is 3.09. The molecule has 142 valence electrons. The highest BCUT2D eigenvalue weighted by molar-refractivity contribution is 9.11. The number of sulfone groups is 1. The van der Waals surface area contributed by atoms with Gasteiger partial charge in [0.05, 0.1) is 26.7 Å². The molecule has 0 radical (unpaired) electrons. The highest BCUT2D eigenvalue weighted by atomic mass is 79.9. The summed E-state index contributed by atoms with van der Waals surface area (Å²) in [4.78, 5) is 9.09. The number of thiazole rings is 1. The van der Waals surface area contributed by atoms with Crippen molar-refractivity contribution in [2.45, 2.75) is 24.8 Å². The Morgan fingerprint density at radius 2 is 1.85 bits per heavy atom. The summed E-state index contributed by atoms with van der Waals surface area (Å²) in [6.45, 7) is 6.94. The lowest BCUT2D eigenvalue weighted by atomic mass is 10.2. The van der Waals surface area contributed by atoms with Crippen molar-refractivity contribution in [2.24, 2.45) is 0 Å². The molecule has 1 aromatic carbocycles. The first kappa shape index (κ1) is 19.4. The first-order chi connectivity index (χ1) is 12.2. The highest BCUT2D eigenvalue weighted by Gasteiger charge is 2.24. The molecule has 0 bridgehead atoms. The van der Waals surface area contributed by atoms with Crippen LogP contribution in [0.25, 0.3) is 0 Å². The van der Waals surface area contributed by atoms with Crippen LogP contribution in [0.1, 0.15) is 13.8 Å². The number of anilines is 2. The second kappa shape index (κ2) is 7.74. The monoisotopic (exact) mass is 459 g/mol. The van der Waals surface area contributed by atoms with Crippen LogP contribution in [-0.2, 0) is 9.84 Å². The van der Waals surface area contributed by atoms with Crippen molar-refractivity contribution < 1.29 is 13.2 Å². The van der Waals surface area contributed by atoms with E-state index >= 15 is 0 Å². The third-order valence-corrected chi connectivity index (χ3v) is 6.74. The molecule has 0 atom stereocenters. The fourth-order valence-corrected chi connectivity index (χ4v) is 5.05. The summed E-state index contributed by atoms with van der Waals surface area (Å²) < 4.78 is 31.2. The highest BCUT2D eigenvalue weighted by Crippen LogP contribution is 2.32. The number of ether oxygens (including phenoxy) is 1. The smallest absolute Gasteiger partial charge is 0.186 e. The number of hydrogen-bond donors (Lipinski definition) is 0. The number of halogens is 1. The lowest BCUT2D eigenvalue weighted by molar-refractivity contribution is 0.242. The molecule has 0 spiro atoms. The zero-order chi connectivity index (χ0) is 18.9. The topological polar surface area (TPSA) is 62.7 Å². The van der Waals surface area contributed by atoms with Crippen LogP contribution in [0.4, 0.5) is 10.8 Å². The molecule has 6 nitrogen and oxygen atoms in total. The number of hydrogen-bond acceptors (Lipinski definition) is 7. The third kappa shape index (κ3) is 4.50. The van der Waals surface area contributed by atoms with Gasteiger partial charge in [-0.25, -0.2) is 13.4 Å². The van der Waals surface area contributed by atoms with Gasteiger partial charge >= 0.3 is 0 Å². The molecule has 1 aliphatic rings. The maximum Gasteiger partial charge on any atom is 0.186 e. The van der Waals surface area contributed by atoms with E-state index in [4.69, 9.17) is 4.74 Å². The van der Waals surface area contributed by atoms with Gasteiger partial charge in [-0.1, -0.05) is 11.3 Å². The minimum atomic E-state index is -3.32. The van der Waals surface area contributed by atoms with Crippen LogP contribution < -0.4 is 14.5 Å². The molecule has 9 heteroatoms. The first-order valence-electron chi connectivity index (χ1n) is 8.36. The second-order valence-corrected chi connectivity index (χ2v) is 10.9. The summed E-state index contributed by atoms with van der Waals surface area (Å²) in [6, 6.07) is 5.21. The fraction of sp³-hybridized carbons (Fsp3) is 0.471. The molecule has 2 heterocycles. The van der Waals surface area contributed by atoms with Crippen LogP contribution in [0.5, 0.6) is 5.75 Å². The van der Waals surface area contributed by atoms with Crippen LogP contribution in [0, 0.1) is 0 Å². The van der Waals surface area contributed by atoms with E-state index in [1.807, 2.05) is 19.9 Å². The van der Waals surface area contributed by atoms with Gasteiger partial charge in [0, 0.05) is 38.5 Å². The Hall–Kier alpha value is -1.32. The van der Waals surface area contributed by atoms with E-state index in [-0.39, 0.29) is 6.10 Å². The average Bonchev–Trinajstić information content (AvgIpc) is 3.00. The van der Waals surface area contributed by atoms with Crippen molar-refractivity contribution in [1.82, 2.24) is 4.98 Å². The maximum absolute atomic E-state index is 12.2. The van der Waals surface area contributed by atoms with Gasteiger partial charge in [-0.3, -0.25) is 0 Å². The number of nitrogens with zero attached hydrogens (tertiary/aromatic N) is 3. The summed E-state index contributed by atoms with van der Waals surface area (Å²) in [5.41, 5.74) is 0.714. The van der Waals surface area contributed by atoms with Gasteiger partial charge in [0.15, 0.2) is 15.0 Å². The fourth-order valence-electron chi connectivity index (χ4n) is 2.93. The molecule has 3 rings (SSSR count). The first-order valence-corrected chi connectivity index (χ1v) is 11.9. The van der Waals surface area contributed by atoms with Gasteiger partial charge in [0.1, 0.15) is 5.75 Å². The van der Waals surface area contributed by atoms with Crippen LogP contribution in [-0.4, -0.2) is 51.9 Å². The Morgan fingerprint density at radius 3 is 2.38 bits per heavy atom. The van der Waals surface area contributed by atoms with E-state index in [1.54, 1.807) is 29.7 Å². The van der Waals surface area contributed by atoms with Crippen LogP contribution in [0.3, 0.4) is 0 Å². The molecule has 0 amide bonds. The Bertz CT molecular complexity index is 875. The predicted octanol–water partition coefficient (Wildman–Crippen LogP) is 3.42. The number of benzene rings is 1. The van der Waals surface area contributed by atoms with E-state index in [0.29, 0.717) is 16.3 Å². The van der Waals surface area contributed by atoms with Crippen molar-refractivity contribution in [3.8, 4) is 5.75 Å². The Balaban J connectivity index is 1.83. The van der Waals surface area contributed by atoms with Gasteiger partial charge in [0.2, 0.25) is 0 Å². The SMILES string of the molecule is CC(C)Oc1ccc(S(C)(=O)=O)c(N2CCN(c3ncc(Br)s3)CC2)c1. The largest absolute Gasteiger partial charge is 0.491 e. The number of aromatic nitrogens is 1. The molecule has 0 unspecified atom stereocenters.